The third kappa shape index (κ3) is 7.60. The number of thioether (sulfide) groups is 1. The molecule has 4 N–H and O–H groups in total. The number of carbonyl (C=O) groups excluding carboxylic acids is 2. The number of urea groups is 1. The molecule has 7 nitrogen and oxygen atoms in total. The molecule has 0 unspecified atom stereocenters. The molecule has 3 amide bonds. The van der Waals surface area contributed by atoms with Crippen LogP contribution in [0.4, 0.5) is 4.79 Å². The van der Waals surface area contributed by atoms with Gasteiger partial charge in [-0.1, -0.05) is 25.7 Å². The zero-order chi connectivity index (χ0) is 19.5. The van der Waals surface area contributed by atoms with Gasteiger partial charge in [-0.25, -0.2) is 9.59 Å². The fourth-order valence-corrected chi connectivity index (χ4v) is 4.90. The Morgan fingerprint density at radius 3 is 2.37 bits per heavy atom. The molecule has 0 aromatic carbocycles. The quantitative estimate of drug-likeness (QED) is 0.446. The minimum absolute atomic E-state index is 0.0989. The average Bonchev–Trinajstić information content (AvgIpc) is 2.66. The van der Waals surface area contributed by atoms with Gasteiger partial charge in [-0.15, -0.1) is 0 Å². The fraction of sp³-hybridized carbons (Fsp3) is 0.842. The standard InChI is InChI=1S/C19H33N3O4S/c23-16(22-19(17(24)25)10-13-27-14-11-19)9-5-2-6-12-20-18(26)21-15-7-3-1-4-8-15/h15H,1-14H2,(H,22,23)(H,24,25)(H2,20,21,26). The SMILES string of the molecule is O=C(CCCCCNC(=O)NC1CCCCC1)NC1(C(=O)O)CCSCC1. The first-order valence-electron chi connectivity index (χ1n) is 10.2. The van der Waals surface area contributed by atoms with E-state index >= 15 is 0 Å². The Morgan fingerprint density at radius 2 is 1.70 bits per heavy atom. The van der Waals surface area contributed by atoms with Gasteiger partial charge in [-0.3, -0.25) is 4.79 Å². The van der Waals surface area contributed by atoms with Crippen LogP contribution in [0, 0.1) is 0 Å². The van der Waals surface area contributed by atoms with E-state index in [0.29, 0.717) is 38.3 Å². The van der Waals surface area contributed by atoms with Crippen LogP contribution in [0.3, 0.4) is 0 Å². The van der Waals surface area contributed by atoms with Crippen molar-refractivity contribution in [1.29, 1.82) is 0 Å². The number of amides is 3. The molecular weight excluding hydrogens is 366 g/mol. The maximum absolute atomic E-state index is 12.1. The largest absolute Gasteiger partial charge is 0.480 e. The molecule has 1 heterocycles. The molecule has 1 saturated heterocycles. The first kappa shape index (κ1) is 21.9. The van der Waals surface area contributed by atoms with Gasteiger partial charge in [0.05, 0.1) is 0 Å². The molecule has 0 aromatic heterocycles. The van der Waals surface area contributed by atoms with Crippen LogP contribution in [-0.4, -0.2) is 52.6 Å². The Bertz CT molecular complexity index is 503. The molecular formula is C19H33N3O4S. The summed E-state index contributed by atoms with van der Waals surface area (Å²) < 4.78 is 0. The van der Waals surface area contributed by atoms with Crippen molar-refractivity contribution in [2.75, 3.05) is 18.1 Å². The van der Waals surface area contributed by atoms with Gasteiger partial charge in [0.15, 0.2) is 0 Å². The monoisotopic (exact) mass is 399 g/mol. The molecule has 0 spiro atoms. The number of aliphatic carboxylic acids is 1. The first-order valence-corrected chi connectivity index (χ1v) is 11.3. The van der Waals surface area contributed by atoms with E-state index < -0.39 is 11.5 Å². The van der Waals surface area contributed by atoms with E-state index in [1.165, 1.54) is 19.3 Å². The molecule has 0 aromatic rings. The summed E-state index contributed by atoms with van der Waals surface area (Å²) in [5.41, 5.74) is -1.08. The molecule has 0 radical (unpaired) electrons. The second-order valence-electron chi connectivity index (χ2n) is 7.59. The molecule has 8 heteroatoms. The molecule has 0 bridgehead atoms. The average molecular weight is 400 g/mol. The van der Waals surface area contributed by atoms with Crippen molar-refractivity contribution in [2.24, 2.45) is 0 Å². The minimum atomic E-state index is -1.08. The summed E-state index contributed by atoms with van der Waals surface area (Å²) in [6.07, 6.45) is 9.41. The second-order valence-corrected chi connectivity index (χ2v) is 8.82. The molecule has 2 aliphatic rings. The Balaban J connectivity index is 1.53. The molecule has 27 heavy (non-hydrogen) atoms. The van der Waals surface area contributed by atoms with Gasteiger partial charge >= 0.3 is 12.0 Å². The van der Waals surface area contributed by atoms with Crippen molar-refractivity contribution in [3.8, 4) is 0 Å². The van der Waals surface area contributed by atoms with Crippen molar-refractivity contribution in [3.63, 3.8) is 0 Å². The molecule has 154 valence electrons. The minimum Gasteiger partial charge on any atom is -0.480 e. The number of rotatable bonds is 9. The number of hydrogen-bond acceptors (Lipinski definition) is 4. The number of carboxylic acid groups (broad SMARTS) is 1. The van der Waals surface area contributed by atoms with E-state index in [0.717, 1.165) is 37.2 Å². The van der Waals surface area contributed by atoms with Crippen LogP contribution in [0.5, 0.6) is 0 Å². The van der Waals surface area contributed by atoms with Crippen molar-refractivity contribution in [2.45, 2.75) is 82.2 Å². The molecule has 1 aliphatic carbocycles. The highest BCUT2D eigenvalue weighted by atomic mass is 32.2. The first-order chi connectivity index (χ1) is 13.0. The predicted octanol–water partition coefficient (Wildman–Crippen LogP) is 2.65. The Kier molecular flexibility index (Phi) is 9.24. The van der Waals surface area contributed by atoms with Gasteiger partial charge in [0.25, 0.3) is 0 Å². The highest BCUT2D eigenvalue weighted by Crippen LogP contribution is 2.27. The lowest BCUT2D eigenvalue weighted by atomic mass is 9.92. The number of carbonyl (C=O) groups is 3. The lowest BCUT2D eigenvalue weighted by Gasteiger charge is -2.33. The van der Waals surface area contributed by atoms with Crippen LogP contribution >= 0.6 is 11.8 Å². The summed E-state index contributed by atoms with van der Waals surface area (Å²) in [7, 11) is 0. The zero-order valence-electron chi connectivity index (χ0n) is 16.1. The van der Waals surface area contributed by atoms with Gasteiger partial charge in [0.2, 0.25) is 5.91 Å². The number of unbranched alkanes of at least 4 members (excludes halogenated alkanes) is 2. The third-order valence-electron chi connectivity index (χ3n) is 5.44. The second kappa shape index (κ2) is 11.4. The van der Waals surface area contributed by atoms with E-state index in [9.17, 15) is 19.5 Å². The molecule has 1 aliphatic heterocycles. The summed E-state index contributed by atoms with van der Waals surface area (Å²) in [5, 5.41) is 18.1. The normalized spacial score (nSPS) is 19.9. The topological polar surface area (TPSA) is 108 Å². The lowest BCUT2D eigenvalue weighted by Crippen LogP contribution is -2.56. The third-order valence-corrected chi connectivity index (χ3v) is 6.43. The highest BCUT2D eigenvalue weighted by molar-refractivity contribution is 7.99. The zero-order valence-corrected chi connectivity index (χ0v) is 16.9. The maximum atomic E-state index is 12.1. The molecule has 1 saturated carbocycles. The number of nitrogens with one attached hydrogen (secondary N) is 3. The van der Waals surface area contributed by atoms with Crippen LogP contribution in [0.1, 0.15) is 70.6 Å². The molecule has 2 fully saturated rings. The summed E-state index contributed by atoms with van der Waals surface area (Å²) in [5.74, 6) is 0.416. The van der Waals surface area contributed by atoms with Gasteiger partial charge in [0, 0.05) is 19.0 Å². The lowest BCUT2D eigenvalue weighted by molar-refractivity contribution is -0.148. The van der Waals surface area contributed by atoms with Crippen LogP contribution in [0.2, 0.25) is 0 Å². The van der Waals surface area contributed by atoms with Gasteiger partial charge in [-0.2, -0.15) is 11.8 Å². The summed E-state index contributed by atoms with van der Waals surface area (Å²) in [4.78, 5) is 35.5. The molecule has 0 atom stereocenters. The van der Waals surface area contributed by atoms with Gasteiger partial charge in [-0.05, 0) is 50.0 Å². The van der Waals surface area contributed by atoms with Crippen LogP contribution in [-0.2, 0) is 9.59 Å². The van der Waals surface area contributed by atoms with E-state index in [2.05, 4.69) is 16.0 Å². The molecule has 2 rings (SSSR count). The van der Waals surface area contributed by atoms with Crippen molar-refractivity contribution < 1.29 is 19.5 Å². The van der Waals surface area contributed by atoms with Crippen molar-refractivity contribution >= 4 is 29.7 Å². The number of hydrogen-bond donors (Lipinski definition) is 4. The maximum Gasteiger partial charge on any atom is 0.329 e. The Morgan fingerprint density at radius 1 is 1.00 bits per heavy atom. The van der Waals surface area contributed by atoms with Crippen molar-refractivity contribution in [3.05, 3.63) is 0 Å². The fourth-order valence-electron chi connectivity index (χ4n) is 3.71. The van der Waals surface area contributed by atoms with E-state index in [1.807, 2.05) is 0 Å². The van der Waals surface area contributed by atoms with Crippen LogP contribution in [0.25, 0.3) is 0 Å². The Hall–Kier alpha value is -1.44. The van der Waals surface area contributed by atoms with E-state index in [4.69, 9.17) is 0 Å². The van der Waals surface area contributed by atoms with E-state index in [1.54, 1.807) is 11.8 Å². The van der Waals surface area contributed by atoms with Gasteiger partial charge in [0.1, 0.15) is 5.54 Å². The predicted molar refractivity (Wildman–Crippen MR) is 107 cm³/mol. The van der Waals surface area contributed by atoms with Crippen LogP contribution < -0.4 is 16.0 Å². The summed E-state index contributed by atoms with van der Waals surface area (Å²) in [6, 6.07) is 0.209. The van der Waals surface area contributed by atoms with Crippen molar-refractivity contribution in [1.82, 2.24) is 16.0 Å². The smallest absolute Gasteiger partial charge is 0.329 e. The van der Waals surface area contributed by atoms with Crippen LogP contribution in [0.15, 0.2) is 0 Å². The summed E-state index contributed by atoms with van der Waals surface area (Å²) in [6.45, 7) is 0.594. The highest BCUT2D eigenvalue weighted by Gasteiger charge is 2.40. The summed E-state index contributed by atoms with van der Waals surface area (Å²) >= 11 is 1.73. The van der Waals surface area contributed by atoms with E-state index in [-0.39, 0.29) is 11.9 Å². The van der Waals surface area contributed by atoms with Gasteiger partial charge < -0.3 is 21.1 Å². The number of carboxylic acids is 1. The Labute approximate surface area is 165 Å².